The maximum absolute atomic E-state index is 12.4. The fourth-order valence-corrected chi connectivity index (χ4v) is 3.24. The van der Waals surface area contributed by atoms with Crippen molar-refractivity contribution < 1.29 is 19.4 Å². The molecule has 0 atom stereocenters. The zero-order valence-electron chi connectivity index (χ0n) is 15.9. The Labute approximate surface area is 149 Å². The van der Waals surface area contributed by atoms with E-state index in [1.165, 1.54) is 0 Å². The quantitative estimate of drug-likeness (QED) is 0.820. The molecule has 0 spiro atoms. The van der Waals surface area contributed by atoms with Crippen LogP contribution in [-0.4, -0.2) is 32.4 Å². The first-order valence-corrected chi connectivity index (χ1v) is 8.96. The lowest BCUT2D eigenvalue weighted by Gasteiger charge is -2.28. The number of esters is 1. The summed E-state index contributed by atoms with van der Waals surface area (Å²) in [6.07, 6.45) is 7.01. The Morgan fingerprint density at radius 1 is 1.20 bits per heavy atom. The molecule has 2 rings (SSSR count). The number of carboxylic acids is 1. The van der Waals surface area contributed by atoms with Crippen molar-refractivity contribution in [3.8, 4) is 0 Å². The fraction of sp³-hybridized carbons (Fsp3) is 0.737. The molecule has 6 heteroatoms. The van der Waals surface area contributed by atoms with Gasteiger partial charge in [0.1, 0.15) is 5.60 Å². The average molecular weight is 350 g/mol. The second-order valence-electron chi connectivity index (χ2n) is 8.74. The molecule has 1 N–H and O–H groups in total. The molecule has 0 bridgehead atoms. The predicted molar refractivity (Wildman–Crippen MR) is 94.2 cm³/mol. The third-order valence-electron chi connectivity index (χ3n) is 4.71. The van der Waals surface area contributed by atoms with Gasteiger partial charge >= 0.3 is 11.9 Å². The van der Waals surface area contributed by atoms with Crippen molar-refractivity contribution in [1.29, 1.82) is 0 Å². The van der Waals surface area contributed by atoms with Gasteiger partial charge in [-0.25, -0.2) is 0 Å². The van der Waals surface area contributed by atoms with Crippen LogP contribution < -0.4 is 0 Å². The molecule has 140 valence electrons. The van der Waals surface area contributed by atoms with Crippen molar-refractivity contribution in [1.82, 2.24) is 9.78 Å². The van der Waals surface area contributed by atoms with Crippen LogP contribution in [0.15, 0.2) is 12.4 Å². The van der Waals surface area contributed by atoms with Gasteiger partial charge in [-0.1, -0.05) is 0 Å². The van der Waals surface area contributed by atoms with Crippen molar-refractivity contribution in [2.75, 3.05) is 0 Å². The van der Waals surface area contributed by atoms with Crippen LogP contribution in [0.2, 0.25) is 0 Å². The molecule has 1 saturated carbocycles. The molecule has 1 aliphatic rings. The van der Waals surface area contributed by atoms with E-state index in [1.54, 1.807) is 4.68 Å². The molecule has 0 saturated heterocycles. The number of ether oxygens (including phenoxy) is 1. The van der Waals surface area contributed by atoms with Gasteiger partial charge in [0.2, 0.25) is 0 Å². The lowest BCUT2D eigenvalue weighted by molar-refractivity contribution is -0.166. The van der Waals surface area contributed by atoms with E-state index in [9.17, 15) is 9.59 Å². The van der Waals surface area contributed by atoms with Gasteiger partial charge < -0.3 is 9.84 Å². The molecule has 0 aliphatic heterocycles. The first-order chi connectivity index (χ1) is 11.5. The zero-order valence-corrected chi connectivity index (χ0v) is 15.9. The monoisotopic (exact) mass is 350 g/mol. The first-order valence-electron chi connectivity index (χ1n) is 8.96. The minimum absolute atomic E-state index is 0.211. The summed E-state index contributed by atoms with van der Waals surface area (Å²) >= 11 is 0. The van der Waals surface area contributed by atoms with Gasteiger partial charge in [-0.2, -0.15) is 5.10 Å². The summed E-state index contributed by atoms with van der Waals surface area (Å²) in [5, 5.41) is 13.5. The van der Waals surface area contributed by atoms with E-state index in [4.69, 9.17) is 9.84 Å². The molecule has 1 aliphatic carbocycles. The van der Waals surface area contributed by atoms with Crippen molar-refractivity contribution in [2.24, 2.45) is 11.3 Å². The van der Waals surface area contributed by atoms with E-state index < -0.39 is 17.0 Å². The van der Waals surface area contributed by atoms with E-state index in [-0.39, 0.29) is 11.9 Å². The second kappa shape index (κ2) is 7.18. The number of aliphatic carboxylic acids is 1. The number of rotatable bonds is 5. The normalized spacial score (nSPS) is 21.8. The van der Waals surface area contributed by atoms with Crippen molar-refractivity contribution in [3.63, 3.8) is 0 Å². The summed E-state index contributed by atoms with van der Waals surface area (Å²) in [6, 6.07) is 0. The van der Waals surface area contributed by atoms with Crippen LogP contribution in [0, 0.1) is 11.3 Å². The zero-order chi connectivity index (χ0) is 18.8. The SMILES string of the molecule is CC(C)(C)OC(=O)C(C)(C)Cn1cc(C2CCC(C(=O)O)CC2)cn1. The smallest absolute Gasteiger partial charge is 0.313 e. The molecular weight excluding hydrogens is 320 g/mol. The third kappa shape index (κ3) is 5.31. The van der Waals surface area contributed by atoms with E-state index in [1.807, 2.05) is 47.0 Å². The molecule has 1 heterocycles. The van der Waals surface area contributed by atoms with Gasteiger partial charge in [0.15, 0.2) is 0 Å². The van der Waals surface area contributed by atoms with E-state index in [2.05, 4.69) is 5.10 Å². The van der Waals surface area contributed by atoms with E-state index >= 15 is 0 Å². The predicted octanol–water partition coefficient (Wildman–Crippen LogP) is 3.61. The second-order valence-corrected chi connectivity index (χ2v) is 8.74. The Bertz CT molecular complexity index is 620. The van der Waals surface area contributed by atoms with Gasteiger partial charge in [0.05, 0.1) is 24.1 Å². The van der Waals surface area contributed by atoms with Crippen LogP contribution in [0.4, 0.5) is 0 Å². The minimum Gasteiger partial charge on any atom is -0.481 e. The van der Waals surface area contributed by atoms with Crippen LogP contribution in [0.1, 0.15) is 71.8 Å². The first kappa shape index (κ1) is 19.5. The summed E-state index contributed by atoms with van der Waals surface area (Å²) < 4.78 is 7.29. The summed E-state index contributed by atoms with van der Waals surface area (Å²) in [5.41, 5.74) is -0.0481. The topological polar surface area (TPSA) is 81.4 Å². The standard InChI is InChI=1S/C19H30N2O4/c1-18(2,3)25-17(24)19(4,5)12-21-11-15(10-20-21)13-6-8-14(9-7-13)16(22)23/h10-11,13-14H,6-9,12H2,1-5H3,(H,22,23). The summed E-state index contributed by atoms with van der Waals surface area (Å²) in [4.78, 5) is 23.4. The third-order valence-corrected chi connectivity index (χ3v) is 4.71. The van der Waals surface area contributed by atoms with E-state index in [0.717, 1.165) is 18.4 Å². The van der Waals surface area contributed by atoms with Gasteiger partial charge in [-0.15, -0.1) is 0 Å². The number of nitrogens with zero attached hydrogens (tertiary/aromatic N) is 2. The van der Waals surface area contributed by atoms with Crippen LogP contribution in [0.5, 0.6) is 0 Å². The molecular formula is C19H30N2O4. The van der Waals surface area contributed by atoms with Gasteiger partial charge in [-0.05, 0) is 71.8 Å². The maximum Gasteiger partial charge on any atom is 0.313 e. The molecule has 1 aromatic rings. The van der Waals surface area contributed by atoms with Gasteiger partial charge in [-0.3, -0.25) is 14.3 Å². The number of aromatic nitrogens is 2. The van der Waals surface area contributed by atoms with Crippen LogP contribution in [0.3, 0.4) is 0 Å². The van der Waals surface area contributed by atoms with Gasteiger partial charge in [0.25, 0.3) is 0 Å². The Balaban J connectivity index is 1.97. The number of carbonyl (C=O) groups is 2. The number of hydrogen-bond acceptors (Lipinski definition) is 4. The van der Waals surface area contributed by atoms with Crippen molar-refractivity contribution >= 4 is 11.9 Å². The fourth-order valence-electron chi connectivity index (χ4n) is 3.24. The molecule has 0 radical (unpaired) electrons. The van der Waals surface area contributed by atoms with E-state index in [0.29, 0.717) is 25.3 Å². The number of carbonyl (C=O) groups excluding carboxylic acids is 1. The highest BCUT2D eigenvalue weighted by atomic mass is 16.6. The summed E-state index contributed by atoms with van der Waals surface area (Å²) in [5.74, 6) is -0.779. The Morgan fingerprint density at radius 3 is 2.32 bits per heavy atom. The molecule has 6 nitrogen and oxygen atoms in total. The van der Waals surface area contributed by atoms with Gasteiger partial charge in [0, 0.05) is 6.20 Å². The van der Waals surface area contributed by atoms with Crippen LogP contribution in [0.25, 0.3) is 0 Å². The largest absolute Gasteiger partial charge is 0.481 e. The Hall–Kier alpha value is -1.85. The molecule has 1 fully saturated rings. The lowest BCUT2D eigenvalue weighted by Crippen LogP contribution is -2.36. The Morgan fingerprint density at radius 2 is 1.80 bits per heavy atom. The van der Waals surface area contributed by atoms with Crippen LogP contribution >= 0.6 is 0 Å². The highest BCUT2D eigenvalue weighted by Gasteiger charge is 2.34. The van der Waals surface area contributed by atoms with Crippen molar-refractivity contribution in [2.45, 2.75) is 78.4 Å². The summed E-state index contributed by atoms with van der Waals surface area (Å²) in [6.45, 7) is 9.76. The molecule has 0 aromatic carbocycles. The highest BCUT2D eigenvalue weighted by Crippen LogP contribution is 2.36. The average Bonchev–Trinajstić information content (AvgIpc) is 2.93. The number of carboxylic acid groups (broad SMARTS) is 1. The lowest BCUT2D eigenvalue weighted by atomic mass is 9.79. The molecule has 0 amide bonds. The number of hydrogen-bond donors (Lipinski definition) is 1. The highest BCUT2D eigenvalue weighted by molar-refractivity contribution is 5.76. The van der Waals surface area contributed by atoms with Crippen LogP contribution in [-0.2, 0) is 20.9 Å². The molecule has 25 heavy (non-hydrogen) atoms. The summed E-state index contributed by atoms with van der Waals surface area (Å²) in [7, 11) is 0. The maximum atomic E-state index is 12.4. The Kier molecular flexibility index (Phi) is 5.59. The molecule has 1 aromatic heterocycles. The minimum atomic E-state index is -0.687. The van der Waals surface area contributed by atoms with Crippen molar-refractivity contribution in [3.05, 3.63) is 18.0 Å². The molecule has 0 unspecified atom stereocenters.